The second-order valence-electron chi connectivity index (χ2n) is 9.97. The van der Waals surface area contributed by atoms with E-state index >= 15 is 0 Å². The third-order valence-electron chi connectivity index (χ3n) is 6.99. The van der Waals surface area contributed by atoms with Gasteiger partial charge in [0.1, 0.15) is 5.60 Å². The fourth-order valence-corrected chi connectivity index (χ4v) is 5.61. The highest BCUT2D eigenvalue weighted by Gasteiger charge is 2.54. The number of anilines is 1. The van der Waals surface area contributed by atoms with Gasteiger partial charge in [0.2, 0.25) is 0 Å². The third-order valence-corrected chi connectivity index (χ3v) is 7.52. The van der Waals surface area contributed by atoms with E-state index in [1.54, 1.807) is 18.2 Å². The molecule has 5 rings (SSSR count). The summed E-state index contributed by atoms with van der Waals surface area (Å²) >= 11 is 3.56. The Labute approximate surface area is 202 Å². The molecule has 6 heteroatoms. The Morgan fingerprint density at radius 1 is 1.09 bits per heavy atom. The summed E-state index contributed by atoms with van der Waals surface area (Å²) in [6.45, 7) is 7.29. The summed E-state index contributed by atoms with van der Waals surface area (Å²) < 4.78 is 7.72. The Morgan fingerprint density at radius 3 is 2.55 bits per heavy atom. The van der Waals surface area contributed by atoms with E-state index in [9.17, 15) is 10.1 Å². The lowest BCUT2D eigenvalue weighted by atomic mass is 9.67. The number of rotatable bonds is 3. The van der Waals surface area contributed by atoms with E-state index in [0.717, 1.165) is 33.3 Å². The zero-order valence-corrected chi connectivity index (χ0v) is 20.6. The minimum atomic E-state index is -0.627. The molecule has 2 aliphatic heterocycles. The highest BCUT2D eigenvalue weighted by atomic mass is 79.9. The first kappa shape index (κ1) is 22.1. The number of ether oxygens (including phenoxy) is 1. The van der Waals surface area contributed by atoms with Crippen LogP contribution in [0.1, 0.15) is 55.5 Å². The maximum Gasteiger partial charge on any atom is 0.269 e. The van der Waals surface area contributed by atoms with E-state index in [4.69, 9.17) is 4.74 Å². The highest BCUT2D eigenvalue weighted by Crippen LogP contribution is 2.57. The van der Waals surface area contributed by atoms with Gasteiger partial charge in [-0.3, -0.25) is 10.1 Å². The van der Waals surface area contributed by atoms with Gasteiger partial charge in [-0.05, 0) is 52.8 Å². The molecule has 3 aromatic rings. The number of halogens is 1. The third kappa shape index (κ3) is 3.65. The number of nitro groups is 1. The van der Waals surface area contributed by atoms with Gasteiger partial charge in [-0.15, -0.1) is 0 Å². The maximum absolute atomic E-state index is 11.5. The van der Waals surface area contributed by atoms with Crippen LogP contribution in [0.2, 0.25) is 0 Å². The van der Waals surface area contributed by atoms with Crippen molar-refractivity contribution >= 4 is 27.3 Å². The van der Waals surface area contributed by atoms with Gasteiger partial charge in [-0.1, -0.05) is 67.0 Å². The van der Waals surface area contributed by atoms with Crippen molar-refractivity contribution in [2.75, 3.05) is 11.9 Å². The number of nitrogens with one attached hydrogen (secondary N) is 1. The molecule has 0 aromatic heterocycles. The molecule has 1 fully saturated rings. The summed E-state index contributed by atoms with van der Waals surface area (Å²) in [7, 11) is 0. The Morgan fingerprint density at radius 2 is 1.85 bits per heavy atom. The number of non-ortho nitro benzene ring substituents is 1. The molecule has 1 saturated heterocycles. The lowest BCUT2D eigenvalue weighted by Crippen LogP contribution is -2.44. The molecule has 170 valence electrons. The second-order valence-corrected chi connectivity index (χ2v) is 10.9. The van der Waals surface area contributed by atoms with Crippen molar-refractivity contribution in [3.05, 3.63) is 104 Å². The van der Waals surface area contributed by atoms with Crippen molar-refractivity contribution in [1.82, 2.24) is 0 Å². The molecule has 0 unspecified atom stereocenters. The fourth-order valence-electron chi connectivity index (χ4n) is 5.35. The average Bonchev–Trinajstić information content (AvgIpc) is 3.24. The Balaban J connectivity index is 1.74. The molecule has 2 aliphatic rings. The predicted octanol–water partition coefficient (Wildman–Crippen LogP) is 7.10. The molecule has 0 radical (unpaired) electrons. The monoisotopic (exact) mass is 506 g/mol. The molecule has 0 spiro atoms. The number of fused-ring (bicyclic) bond motifs is 3. The normalized spacial score (nSPS) is 24.0. The zero-order valence-electron chi connectivity index (χ0n) is 19.0. The van der Waals surface area contributed by atoms with Gasteiger partial charge in [-0.25, -0.2) is 0 Å². The lowest BCUT2D eigenvalue weighted by Gasteiger charge is -2.46. The number of hydrogen-bond acceptors (Lipinski definition) is 4. The standard InChI is InChI=1S/C27H27BrN2O3/c1-26(2,3)19-9-12-24-23(16-19)27(18-7-10-20(28)11-8-18)22(13-14-33-27)25(29-24)17-5-4-6-21(15-17)30(31)32/h4-12,15-16,22,25,29H,13-14H2,1-3H3/t22-,25-,27-/m0/s1. The van der Waals surface area contributed by atoms with E-state index in [1.165, 1.54) is 5.56 Å². The SMILES string of the molecule is CC(C)(C)c1ccc2c(c1)[C@@]1(c3ccc(Br)cc3)OCC[C@H]1[C@H](c1cccc([N+](=O)[O-])c1)N2. The molecule has 0 aliphatic carbocycles. The first-order valence-corrected chi connectivity index (χ1v) is 12.1. The van der Waals surface area contributed by atoms with Gasteiger partial charge < -0.3 is 10.1 Å². The van der Waals surface area contributed by atoms with Crippen LogP contribution >= 0.6 is 15.9 Å². The number of hydrogen-bond donors (Lipinski definition) is 1. The molecule has 33 heavy (non-hydrogen) atoms. The first-order chi connectivity index (χ1) is 15.7. The van der Waals surface area contributed by atoms with Crippen LogP contribution in [0, 0.1) is 16.0 Å². The molecule has 0 amide bonds. The molecule has 2 heterocycles. The van der Waals surface area contributed by atoms with E-state index < -0.39 is 5.60 Å². The van der Waals surface area contributed by atoms with Crippen molar-refractivity contribution in [3.63, 3.8) is 0 Å². The van der Waals surface area contributed by atoms with Crippen LogP contribution in [-0.4, -0.2) is 11.5 Å². The van der Waals surface area contributed by atoms with Crippen molar-refractivity contribution < 1.29 is 9.66 Å². The van der Waals surface area contributed by atoms with E-state index in [-0.39, 0.29) is 28.0 Å². The van der Waals surface area contributed by atoms with Gasteiger partial charge in [0.25, 0.3) is 5.69 Å². The molecule has 5 nitrogen and oxygen atoms in total. The summed E-state index contributed by atoms with van der Waals surface area (Å²) in [6, 6.07) is 21.8. The predicted molar refractivity (Wildman–Crippen MR) is 134 cm³/mol. The molecule has 1 N–H and O–H groups in total. The van der Waals surface area contributed by atoms with Crippen LogP contribution in [0.4, 0.5) is 11.4 Å². The Bertz CT molecular complexity index is 1220. The van der Waals surface area contributed by atoms with Crippen molar-refractivity contribution in [2.24, 2.45) is 5.92 Å². The van der Waals surface area contributed by atoms with Gasteiger partial charge >= 0.3 is 0 Å². The quantitative estimate of drug-likeness (QED) is 0.303. The minimum absolute atomic E-state index is 0.000920. The van der Waals surface area contributed by atoms with Crippen LogP contribution < -0.4 is 5.32 Å². The molecule has 3 aromatic carbocycles. The lowest BCUT2D eigenvalue weighted by molar-refractivity contribution is -0.384. The van der Waals surface area contributed by atoms with Gasteiger partial charge in [0.15, 0.2) is 0 Å². The van der Waals surface area contributed by atoms with Crippen LogP contribution in [0.25, 0.3) is 0 Å². The maximum atomic E-state index is 11.5. The van der Waals surface area contributed by atoms with Gasteiger partial charge in [0.05, 0.1) is 11.0 Å². The van der Waals surface area contributed by atoms with Crippen molar-refractivity contribution in [1.29, 1.82) is 0 Å². The van der Waals surface area contributed by atoms with E-state index in [0.29, 0.717) is 6.61 Å². The summed E-state index contributed by atoms with van der Waals surface area (Å²) in [5.41, 5.74) is 4.91. The molecule has 0 bridgehead atoms. The number of benzene rings is 3. The van der Waals surface area contributed by atoms with Crippen molar-refractivity contribution in [2.45, 2.75) is 44.2 Å². The molecule has 3 atom stereocenters. The van der Waals surface area contributed by atoms with E-state index in [1.807, 2.05) is 6.07 Å². The van der Waals surface area contributed by atoms with E-state index in [2.05, 4.69) is 84.5 Å². The summed E-state index contributed by atoms with van der Waals surface area (Å²) in [4.78, 5) is 11.1. The second kappa shape index (κ2) is 7.96. The van der Waals surface area contributed by atoms with Crippen LogP contribution in [0.5, 0.6) is 0 Å². The summed E-state index contributed by atoms with van der Waals surface area (Å²) in [5.74, 6) is 0.0865. The topological polar surface area (TPSA) is 64.4 Å². The molecular formula is C27H27BrN2O3. The minimum Gasteiger partial charge on any atom is -0.377 e. The van der Waals surface area contributed by atoms with Gasteiger partial charge in [0, 0.05) is 40.4 Å². The zero-order chi connectivity index (χ0) is 23.4. The van der Waals surface area contributed by atoms with Gasteiger partial charge in [-0.2, -0.15) is 0 Å². The largest absolute Gasteiger partial charge is 0.377 e. The fraction of sp³-hybridized carbons (Fsp3) is 0.333. The van der Waals surface area contributed by atoms with Crippen molar-refractivity contribution in [3.8, 4) is 0 Å². The highest BCUT2D eigenvalue weighted by molar-refractivity contribution is 9.10. The molecule has 0 saturated carbocycles. The number of nitrogens with zero attached hydrogens (tertiary/aromatic N) is 1. The molecular weight excluding hydrogens is 480 g/mol. The average molecular weight is 507 g/mol. The summed E-state index contributed by atoms with van der Waals surface area (Å²) in [6.07, 6.45) is 0.857. The smallest absolute Gasteiger partial charge is 0.269 e. The number of nitro benzene ring substituents is 1. The Hall–Kier alpha value is -2.70. The van der Waals surface area contributed by atoms with Crippen LogP contribution in [-0.2, 0) is 15.8 Å². The first-order valence-electron chi connectivity index (χ1n) is 11.3. The Kier molecular flexibility index (Phi) is 5.33. The van der Waals surface area contributed by atoms with Crippen LogP contribution in [0.15, 0.2) is 71.2 Å². The van der Waals surface area contributed by atoms with Crippen LogP contribution in [0.3, 0.4) is 0 Å². The summed E-state index contributed by atoms with van der Waals surface area (Å²) in [5, 5.41) is 15.2.